The number of rotatable bonds is 3. The van der Waals surface area contributed by atoms with Crippen molar-refractivity contribution in [1.82, 2.24) is 15.0 Å². The number of piperidine rings is 1. The Balaban J connectivity index is 1.44. The molecule has 11 heteroatoms. The molecule has 0 radical (unpaired) electrons. The van der Waals surface area contributed by atoms with Crippen molar-refractivity contribution in [2.75, 3.05) is 28.6 Å². The molecule has 152 valence electrons. The quantitative estimate of drug-likeness (QED) is 0.572. The summed E-state index contributed by atoms with van der Waals surface area (Å²) in [6, 6.07) is 2.16. The van der Waals surface area contributed by atoms with Gasteiger partial charge in [-0.05, 0) is 6.07 Å². The number of alkyl halides is 2. The van der Waals surface area contributed by atoms with Crippen LogP contribution in [-0.2, 0) is 0 Å². The molecule has 4 heterocycles. The first kappa shape index (κ1) is 19.3. The van der Waals surface area contributed by atoms with Gasteiger partial charge in [-0.3, -0.25) is 0 Å². The second-order valence-corrected chi connectivity index (χ2v) is 7.10. The maximum atomic E-state index is 13.4. The average molecular weight is 425 g/mol. The summed E-state index contributed by atoms with van der Waals surface area (Å²) in [7, 11) is 0. The highest BCUT2D eigenvalue weighted by atomic mass is 35.5. The number of nitrogens with zero attached hydrogens (tertiary/aromatic N) is 3. The van der Waals surface area contributed by atoms with Crippen molar-refractivity contribution < 1.29 is 18.0 Å². The molecule has 3 aromatic rings. The van der Waals surface area contributed by atoms with Crippen molar-refractivity contribution in [2.45, 2.75) is 18.8 Å². The molecule has 7 nitrogen and oxygen atoms in total. The minimum atomic E-state index is -2.65. The molecule has 1 saturated heterocycles. The molecule has 0 saturated carbocycles. The van der Waals surface area contributed by atoms with Crippen LogP contribution >= 0.6 is 11.6 Å². The van der Waals surface area contributed by atoms with Crippen LogP contribution in [0.15, 0.2) is 30.7 Å². The van der Waals surface area contributed by atoms with E-state index in [1.165, 1.54) is 24.5 Å². The van der Waals surface area contributed by atoms with E-state index in [0.717, 1.165) is 6.20 Å². The van der Waals surface area contributed by atoms with Gasteiger partial charge in [0.15, 0.2) is 0 Å². The van der Waals surface area contributed by atoms with Gasteiger partial charge in [0, 0.05) is 43.6 Å². The third-order valence-corrected chi connectivity index (χ3v) is 4.96. The fraction of sp³-hybridized carbons (Fsp3) is 0.278. The van der Waals surface area contributed by atoms with Crippen LogP contribution in [0.25, 0.3) is 11.0 Å². The number of urea groups is 1. The molecule has 3 N–H and O–H groups in total. The van der Waals surface area contributed by atoms with Gasteiger partial charge in [0.2, 0.25) is 0 Å². The Labute approximate surface area is 168 Å². The Bertz CT molecular complexity index is 1060. The molecular formula is C18H16ClF3N6O. The van der Waals surface area contributed by atoms with Gasteiger partial charge in [-0.2, -0.15) is 0 Å². The normalized spacial score (nSPS) is 16.1. The first-order valence-electron chi connectivity index (χ1n) is 8.80. The van der Waals surface area contributed by atoms with Gasteiger partial charge in [0.25, 0.3) is 5.92 Å². The lowest BCUT2D eigenvalue weighted by atomic mass is 10.1. The lowest BCUT2D eigenvalue weighted by molar-refractivity contribution is -0.0221. The van der Waals surface area contributed by atoms with Crippen molar-refractivity contribution in [3.05, 3.63) is 41.6 Å². The number of nitrogens with one attached hydrogen (secondary N) is 3. The number of halogens is 4. The highest BCUT2D eigenvalue weighted by Crippen LogP contribution is 2.32. The van der Waals surface area contributed by atoms with E-state index in [1.54, 1.807) is 4.90 Å². The molecule has 2 amide bonds. The van der Waals surface area contributed by atoms with E-state index in [-0.39, 0.29) is 36.6 Å². The molecule has 0 aliphatic carbocycles. The first-order valence-corrected chi connectivity index (χ1v) is 9.17. The third kappa shape index (κ3) is 4.21. The van der Waals surface area contributed by atoms with Crippen LogP contribution in [0.5, 0.6) is 0 Å². The molecule has 1 aliphatic rings. The maximum Gasteiger partial charge on any atom is 0.323 e. The number of hydrogen-bond donors (Lipinski definition) is 3. The van der Waals surface area contributed by atoms with Gasteiger partial charge in [-0.25, -0.2) is 27.9 Å². The number of hydrogen-bond acceptors (Lipinski definition) is 4. The molecule has 0 unspecified atom stereocenters. The largest absolute Gasteiger partial charge is 0.356 e. The highest BCUT2D eigenvalue weighted by molar-refractivity contribution is 6.34. The summed E-state index contributed by atoms with van der Waals surface area (Å²) in [5.74, 6) is -2.71. The monoisotopic (exact) mass is 424 g/mol. The third-order valence-electron chi connectivity index (χ3n) is 4.65. The SMILES string of the molecule is O=C(Nc1cnc(N2CCC(F)(F)CC2)cc1Cl)Nc1c[nH]c2ncc(F)cc12. The Morgan fingerprint density at radius 2 is 1.86 bits per heavy atom. The number of aromatic amines is 1. The Morgan fingerprint density at radius 3 is 2.59 bits per heavy atom. The van der Waals surface area contributed by atoms with Gasteiger partial charge in [0.1, 0.15) is 17.3 Å². The second kappa shape index (κ2) is 7.43. The molecule has 3 aromatic heterocycles. The smallest absolute Gasteiger partial charge is 0.323 e. The average Bonchev–Trinajstić information content (AvgIpc) is 3.05. The lowest BCUT2D eigenvalue weighted by Gasteiger charge is -2.32. The van der Waals surface area contributed by atoms with Crippen molar-refractivity contribution in [1.29, 1.82) is 0 Å². The number of aromatic nitrogens is 3. The summed E-state index contributed by atoms with van der Waals surface area (Å²) in [5, 5.41) is 5.78. The predicted octanol–water partition coefficient (Wildman–Crippen LogP) is 4.63. The molecular weight excluding hydrogens is 409 g/mol. The number of pyridine rings is 2. The van der Waals surface area contributed by atoms with Crippen LogP contribution in [0.4, 0.5) is 35.2 Å². The zero-order valence-electron chi connectivity index (χ0n) is 15.0. The standard InChI is InChI=1S/C18H16ClF3N6O/c19-12-6-15(28-3-1-18(21,22)2-4-28)23-9-14(12)27-17(29)26-13-8-25-16-11(13)5-10(20)7-24-16/h5-9H,1-4H2,(H,24,25)(H2,26,27,29). The topological polar surface area (TPSA) is 85.9 Å². The summed E-state index contributed by atoms with van der Waals surface area (Å²) in [6.07, 6.45) is 3.44. The second-order valence-electron chi connectivity index (χ2n) is 6.70. The van der Waals surface area contributed by atoms with Gasteiger partial charge < -0.3 is 20.5 Å². The molecule has 0 atom stereocenters. The van der Waals surface area contributed by atoms with Gasteiger partial charge >= 0.3 is 6.03 Å². The number of carbonyl (C=O) groups is 1. The fourth-order valence-corrected chi connectivity index (χ4v) is 3.30. The van der Waals surface area contributed by atoms with Gasteiger partial charge in [-0.1, -0.05) is 11.6 Å². The Kier molecular flexibility index (Phi) is 4.95. The van der Waals surface area contributed by atoms with Crippen molar-refractivity contribution in [3.8, 4) is 0 Å². The Hall–Kier alpha value is -3.01. The summed E-state index contributed by atoms with van der Waals surface area (Å²) < 4.78 is 40.0. The van der Waals surface area contributed by atoms with Gasteiger partial charge in [-0.15, -0.1) is 0 Å². The number of H-pyrrole nitrogens is 1. The Morgan fingerprint density at radius 1 is 1.14 bits per heavy atom. The zero-order chi connectivity index (χ0) is 20.6. The van der Waals surface area contributed by atoms with E-state index < -0.39 is 17.8 Å². The van der Waals surface area contributed by atoms with E-state index in [4.69, 9.17) is 11.6 Å². The van der Waals surface area contributed by atoms with Crippen molar-refractivity contribution >= 4 is 45.9 Å². The van der Waals surface area contributed by atoms with Crippen molar-refractivity contribution in [2.24, 2.45) is 0 Å². The van der Waals surface area contributed by atoms with Crippen LogP contribution in [0.3, 0.4) is 0 Å². The van der Waals surface area contributed by atoms with E-state index in [0.29, 0.717) is 22.5 Å². The maximum absolute atomic E-state index is 13.4. The fourth-order valence-electron chi connectivity index (χ4n) is 3.11. The molecule has 0 bridgehead atoms. The highest BCUT2D eigenvalue weighted by Gasteiger charge is 2.34. The predicted molar refractivity (Wildman–Crippen MR) is 104 cm³/mol. The first-order chi connectivity index (χ1) is 13.8. The van der Waals surface area contributed by atoms with Crippen LogP contribution in [-0.4, -0.2) is 40.0 Å². The van der Waals surface area contributed by atoms with Crippen molar-refractivity contribution in [3.63, 3.8) is 0 Å². The van der Waals surface area contributed by atoms with E-state index in [9.17, 15) is 18.0 Å². The summed E-state index contributed by atoms with van der Waals surface area (Å²) in [4.78, 5) is 24.9. The minimum Gasteiger partial charge on any atom is -0.356 e. The molecule has 29 heavy (non-hydrogen) atoms. The molecule has 1 fully saturated rings. The van der Waals surface area contributed by atoms with Crippen LogP contribution in [0, 0.1) is 5.82 Å². The van der Waals surface area contributed by atoms with E-state index in [2.05, 4.69) is 25.6 Å². The molecule has 0 spiro atoms. The van der Waals surface area contributed by atoms with Gasteiger partial charge in [0.05, 0.1) is 28.8 Å². The number of fused-ring (bicyclic) bond motifs is 1. The minimum absolute atomic E-state index is 0.175. The van der Waals surface area contributed by atoms with Crippen LogP contribution in [0.1, 0.15) is 12.8 Å². The molecule has 0 aromatic carbocycles. The summed E-state index contributed by atoms with van der Waals surface area (Å²) in [5.41, 5.74) is 1.02. The zero-order valence-corrected chi connectivity index (χ0v) is 15.7. The number of amides is 2. The lowest BCUT2D eigenvalue weighted by Crippen LogP contribution is -2.39. The van der Waals surface area contributed by atoms with Crippen LogP contribution in [0.2, 0.25) is 5.02 Å². The van der Waals surface area contributed by atoms with E-state index >= 15 is 0 Å². The summed E-state index contributed by atoms with van der Waals surface area (Å²) in [6.45, 7) is 0.351. The number of carbonyl (C=O) groups excluding carboxylic acids is 1. The number of anilines is 3. The molecule has 4 rings (SSSR count). The van der Waals surface area contributed by atoms with E-state index in [1.807, 2.05) is 0 Å². The molecule has 1 aliphatic heterocycles. The summed E-state index contributed by atoms with van der Waals surface area (Å²) >= 11 is 6.22. The van der Waals surface area contributed by atoms with Crippen LogP contribution < -0.4 is 15.5 Å².